The lowest BCUT2D eigenvalue weighted by molar-refractivity contribution is -0.119. The highest BCUT2D eigenvalue weighted by molar-refractivity contribution is 5.73. The van der Waals surface area contributed by atoms with Crippen molar-refractivity contribution in [3.63, 3.8) is 0 Å². The summed E-state index contributed by atoms with van der Waals surface area (Å²) in [5, 5.41) is 6.11. The zero-order valence-electron chi connectivity index (χ0n) is 18.1. The molecule has 7 nitrogen and oxygen atoms in total. The van der Waals surface area contributed by atoms with E-state index in [9.17, 15) is 4.79 Å². The number of ether oxygens (including phenoxy) is 1. The van der Waals surface area contributed by atoms with Crippen molar-refractivity contribution in [3.05, 3.63) is 42.0 Å². The minimum absolute atomic E-state index is 0.0424. The smallest absolute Gasteiger partial charge is 0.217 e. The number of carbonyl (C=O) groups excluding carboxylic acids is 1. The van der Waals surface area contributed by atoms with Crippen LogP contribution in [0.5, 0.6) is 5.75 Å². The maximum atomic E-state index is 15.0. The minimum atomic E-state index is -0.383. The van der Waals surface area contributed by atoms with Gasteiger partial charge in [-0.3, -0.25) is 4.79 Å². The van der Waals surface area contributed by atoms with Gasteiger partial charge in [-0.25, -0.2) is 9.97 Å². The van der Waals surface area contributed by atoms with Crippen LogP contribution >= 0.6 is 0 Å². The first-order chi connectivity index (χ1) is 15.0. The van der Waals surface area contributed by atoms with E-state index in [-0.39, 0.29) is 23.9 Å². The molecule has 2 atom stereocenters. The molecule has 4 rings (SSSR count). The lowest BCUT2D eigenvalue weighted by Crippen LogP contribution is -2.27. The Bertz CT molecular complexity index is 901. The summed E-state index contributed by atoms with van der Waals surface area (Å²) in [5.74, 6) is 0.951. The van der Waals surface area contributed by atoms with Gasteiger partial charge >= 0.3 is 0 Å². The second kappa shape index (κ2) is 9.49. The molecule has 1 saturated carbocycles. The number of hydrogen-bond acceptors (Lipinski definition) is 6. The molecule has 2 aromatic rings. The average molecular weight is 428 g/mol. The third-order valence-corrected chi connectivity index (χ3v) is 6.01. The molecule has 0 spiro atoms. The molecule has 1 saturated heterocycles. The fourth-order valence-electron chi connectivity index (χ4n) is 4.38. The van der Waals surface area contributed by atoms with Crippen molar-refractivity contribution in [1.29, 1.82) is 0 Å². The largest absolute Gasteiger partial charge is 0.489 e. The number of anilines is 2. The molecule has 1 aromatic carbocycles. The Kier molecular flexibility index (Phi) is 6.53. The number of aromatic nitrogens is 2. The van der Waals surface area contributed by atoms with Gasteiger partial charge < -0.3 is 20.3 Å². The summed E-state index contributed by atoms with van der Waals surface area (Å²) < 4.78 is 21.2. The highest BCUT2D eigenvalue weighted by Gasteiger charge is 2.29. The highest BCUT2D eigenvalue weighted by Crippen LogP contribution is 2.29. The Morgan fingerprint density at radius 1 is 1.19 bits per heavy atom. The fraction of sp³-hybridized carbons (Fsp3) is 0.522. The van der Waals surface area contributed by atoms with E-state index in [0.717, 1.165) is 30.6 Å². The summed E-state index contributed by atoms with van der Waals surface area (Å²) in [7, 11) is 0. The van der Waals surface area contributed by atoms with Crippen LogP contribution < -0.4 is 20.3 Å². The average Bonchev–Trinajstić information content (AvgIpc) is 3.42. The van der Waals surface area contributed by atoms with Crippen LogP contribution in [0.4, 0.5) is 16.0 Å². The summed E-state index contributed by atoms with van der Waals surface area (Å²) in [6.45, 7) is 4.70. The molecule has 1 aromatic heterocycles. The number of halogens is 1. The third-order valence-electron chi connectivity index (χ3n) is 6.01. The summed E-state index contributed by atoms with van der Waals surface area (Å²) in [6.07, 6.45) is 6.64. The molecule has 0 unspecified atom stereocenters. The molecule has 166 valence electrons. The Labute approximate surface area is 182 Å². The van der Waals surface area contributed by atoms with Crippen LogP contribution in [0.15, 0.2) is 30.6 Å². The van der Waals surface area contributed by atoms with Gasteiger partial charge in [-0.2, -0.15) is 4.39 Å². The molecule has 1 aliphatic carbocycles. The molecule has 1 aliphatic heterocycles. The molecular weight excluding hydrogens is 397 g/mol. The van der Waals surface area contributed by atoms with E-state index in [0.29, 0.717) is 30.8 Å². The molecule has 2 fully saturated rings. The quantitative estimate of drug-likeness (QED) is 0.699. The van der Waals surface area contributed by atoms with Crippen molar-refractivity contribution in [2.75, 3.05) is 23.3 Å². The standard InChI is InChI=1S/C23H30FN5O2/c1-15(27-16(2)30)17-7-9-19(10-8-17)31-20-11-12-29(13-20)23-21(24)22(25-14-26-23)28-18-5-3-4-6-18/h7-10,14-15,18,20H,3-6,11-13H2,1-2H3,(H,27,30)(H,25,26,28)/t15-,20+/m0/s1. The van der Waals surface area contributed by atoms with Gasteiger partial charge in [0.25, 0.3) is 0 Å². The van der Waals surface area contributed by atoms with E-state index in [1.807, 2.05) is 36.1 Å². The predicted octanol–water partition coefficient (Wildman–Crippen LogP) is 3.83. The molecule has 2 aliphatic rings. The van der Waals surface area contributed by atoms with Crippen LogP contribution in [-0.4, -0.2) is 41.1 Å². The van der Waals surface area contributed by atoms with E-state index in [2.05, 4.69) is 20.6 Å². The Hall–Kier alpha value is -2.90. The number of amides is 1. The van der Waals surface area contributed by atoms with E-state index in [1.165, 1.54) is 26.1 Å². The van der Waals surface area contributed by atoms with Crippen molar-refractivity contribution < 1.29 is 13.9 Å². The summed E-state index contributed by atoms with van der Waals surface area (Å²) in [5.41, 5.74) is 1.01. The van der Waals surface area contributed by atoms with Crippen molar-refractivity contribution in [3.8, 4) is 5.75 Å². The number of benzene rings is 1. The van der Waals surface area contributed by atoms with Gasteiger partial charge in [-0.1, -0.05) is 25.0 Å². The van der Waals surface area contributed by atoms with Crippen LogP contribution in [0.3, 0.4) is 0 Å². The van der Waals surface area contributed by atoms with Gasteiger partial charge in [-0.15, -0.1) is 0 Å². The van der Waals surface area contributed by atoms with Crippen LogP contribution in [0.1, 0.15) is 57.6 Å². The van der Waals surface area contributed by atoms with E-state index in [4.69, 9.17) is 4.74 Å². The fourth-order valence-corrected chi connectivity index (χ4v) is 4.38. The summed E-state index contributed by atoms with van der Waals surface area (Å²) in [4.78, 5) is 21.5. The molecular formula is C23H30FN5O2. The minimum Gasteiger partial charge on any atom is -0.489 e. The van der Waals surface area contributed by atoms with Crippen molar-refractivity contribution >= 4 is 17.5 Å². The van der Waals surface area contributed by atoms with Crippen LogP contribution in [0.25, 0.3) is 0 Å². The third kappa shape index (κ3) is 5.24. The van der Waals surface area contributed by atoms with Crippen LogP contribution in [0, 0.1) is 5.82 Å². The van der Waals surface area contributed by atoms with Gasteiger partial charge in [0.15, 0.2) is 11.6 Å². The topological polar surface area (TPSA) is 79.4 Å². The highest BCUT2D eigenvalue weighted by atomic mass is 19.1. The van der Waals surface area contributed by atoms with E-state index < -0.39 is 0 Å². The summed E-state index contributed by atoms with van der Waals surface area (Å²) >= 11 is 0. The zero-order valence-corrected chi connectivity index (χ0v) is 18.1. The molecule has 2 heterocycles. The van der Waals surface area contributed by atoms with Crippen molar-refractivity contribution in [2.24, 2.45) is 0 Å². The van der Waals surface area contributed by atoms with Gasteiger partial charge in [-0.05, 0) is 37.5 Å². The molecule has 1 amide bonds. The predicted molar refractivity (Wildman–Crippen MR) is 118 cm³/mol. The number of rotatable bonds is 7. The SMILES string of the molecule is CC(=O)N[C@@H](C)c1ccc(O[C@@H]2CCN(c3ncnc(NC4CCCC4)c3F)C2)cc1. The van der Waals surface area contributed by atoms with Gasteiger partial charge in [0, 0.05) is 25.9 Å². The van der Waals surface area contributed by atoms with Gasteiger partial charge in [0.05, 0.1) is 12.6 Å². The Morgan fingerprint density at radius 3 is 2.65 bits per heavy atom. The van der Waals surface area contributed by atoms with Gasteiger partial charge in [0.2, 0.25) is 11.7 Å². The Balaban J connectivity index is 1.36. The number of nitrogens with zero attached hydrogens (tertiary/aromatic N) is 3. The van der Waals surface area contributed by atoms with Crippen LogP contribution in [0.2, 0.25) is 0 Å². The monoisotopic (exact) mass is 427 g/mol. The van der Waals surface area contributed by atoms with E-state index >= 15 is 4.39 Å². The van der Waals surface area contributed by atoms with Crippen LogP contribution in [-0.2, 0) is 4.79 Å². The number of hydrogen-bond donors (Lipinski definition) is 2. The number of carbonyl (C=O) groups is 1. The lowest BCUT2D eigenvalue weighted by Gasteiger charge is -2.20. The van der Waals surface area contributed by atoms with E-state index in [1.54, 1.807) is 0 Å². The maximum absolute atomic E-state index is 15.0. The van der Waals surface area contributed by atoms with Crippen molar-refractivity contribution in [2.45, 2.75) is 64.1 Å². The normalized spacial score (nSPS) is 20.0. The maximum Gasteiger partial charge on any atom is 0.217 e. The summed E-state index contributed by atoms with van der Waals surface area (Å²) in [6, 6.07) is 7.96. The molecule has 31 heavy (non-hydrogen) atoms. The zero-order chi connectivity index (χ0) is 21.8. The molecule has 2 N–H and O–H groups in total. The Morgan fingerprint density at radius 2 is 1.94 bits per heavy atom. The van der Waals surface area contributed by atoms with Gasteiger partial charge in [0.1, 0.15) is 18.2 Å². The first-order valence-corrected chi connectivity index (χ1v) is 11.1. The first kappa shape index (κ1) is 21.3. The molecule has 0 radical (unpaired) electrons. The number of nitrogens with one attached hydrogen (secondary N) is 2. The van der Waals surface area contributed by atoms with Crippen molar-refractivity contribution in [1.82, 2.24) is 15.3 Å². The molecule has 0 bridgehead atoms. The first-order valence-electron chi connectivity index (χ1n) is 11.1. The lowest BCUT2D eigenvalue weighted by atomic mass is 10.1. The molecule has 8 heteroatoms. The second-order valence-corrected chi connectivity index (χ2v) is 8.45. The second-order valence-electron chi connectivity index (χ2n) is 8.45.